The monoisotopic (exact) mass is 285 g/mol. The van der Waals surface area contributed by atoms with Gasteiger partial charge < -0.3 is 4.52 Å². The minimum absolute atomic E-state index is 0.0302. The molecule has 0 unspecified atom stereocenters. The van der Waals surface area contributed by atoms with Crippen molar-refractivity contribution in [3.8, 4) is 10.7 Å². The Morgan fingerprint density at radius 2 is 1.90 bits per heavy atom. The molecule has 3 rings (SSSR count). The Labute approximate surface area is 121 Å². The van der Waals surface area contributed by atoms with E-state index in [2.05, 4.69) is 27.2 Å². The van der Waals surface area contributed by atoms with E-state index >= 15 is 0 Å². The van der Waals surface area contributed by atoms with Crippen molar-refractivity contribution in [3.05, 3.63) is 59.3 Å². The Morgan fingerprint density at radius 3 is 2.55 bits per heavy atom. The molecule has 0 aliphatic rings. The van der Waals surface area contributed by atoms with Crippen LogP contribution in [-0.4, -0.2) is 29.1 Å². The van der Waals surface area contributed by atoms with Gasteiger partial charge in [0.1, 0.15) is 6.04 Å². The summed E-state index contributed by atoms with van der Waals surface area (Å²) in [7, 11) is 4.01. The third-order valence-corrected chi connectivity index (χ3v) is 3.91. The van der Waals surface area contributed by atoms with E-state index in [-0.39, 0.29) is 6.04 Å². The molecule has 0 fully saturated rings. The van der Waals surface area contributed by atoms with Gasteiger partial charge in [0.25, 0.3) is 0 Å². The molecule has 4 nitrogen and oxygen atoms in total. The van der Waals surface area contributed by atoms with Crippen LogP contribution in [0.5, 0.6) is 0 Å². The lowest BCUT2D eigenvalue weighted by Gasteiger charge is -2.20. The Morgan fingerprint density at radius 1 is 1.10 bits per heavy atom. The molecule has 2 aromatic heterocycles. The van der Waals surface area contributed by atoms with Crippen molar-refractivity contribution in [1.29, 1.82) is 0 Å². The highest BCUT2D eigenvalue weighted by Crippen LogP contribution is 2.28. The summed E-state index contributed by atoms with van der Waals surface area (Å²) in [5.74, 6) is 1.27. The molecule has 0 aliphatic heterocycles. The topological polar surface area (TPSA) is 42.2 Å². The molecule has 2 heterocycles. The van der Waals surface area contributed by atoms with Gasteiger partial charge in [-0.3, -0.25) is 4.90 Å². The van der Waals surface area contributed by atoms with Crippen LogP contribution in [0.15, 0.2) is 52.4 Å². The highest BCUT2D eigenvalue weighted by molar-refractivity contribution is 7.13. The number of nitrogens with zero attached hydrogens (tertiary/aromatic N) is 3. The van der Waals surface area contributed by atoms with Crippen molar-refractivity contribution < 1.29 is 4.52 Å². The van der Waals surface area contributed by atoms with Crippen LogP contribution in [0.2, 0.25) is 0 Å². The fourth-order valence-corrected chi connectivity index (χ4v) is 2.80. The van der Waals surface area contributed by atoms with Crippen LogP contribution in [0.3, 0.4) is 0 Å². The van der Waals surface area contributed by atoms with Crippen LogP contribution in [0, 0.1) is 0 Å². The zero-order chi connectivity index (χ0) is 13.9. The largest absolute Gasteiger partial charge is 0.337 e. The molecule has 5 heteroatoms. The minimum atomic E-state index is -0.0302. The minimum Gasteiger partial charge on any atom is -0.337 e. The van der Waals surface area contributed by atoms with Crippen LogP contribution >= 0.6 is 11.3 Å². The predicted octanol–water partition coefficient (Wildman–Crippen LogP) is 3.45. The number of rotatable bonds is 4. The second-order valence-electron chi connectivity index (χ2n) is 4.71. The summed E-state index contributed by atoms with van der Waals surface area (Å²) in [6.45, 7) is 0. The summed E-state index contributed by atoms with van der Waals surface area (Å²) < 4.78 is 5.47. The van der Waals surface area contributed by atoms with Gasteiger partial charge >= 0.3 is 0 Å². The molecule has 1 atom stereocenters. The fourth-order valence-electron chi connectivity index (χ4n) is 2.15. The Hall–Kier alpha value is -1.98. The van der Waals surface area contributed by atoms with Crippen LogP contribution in [0.1, 0.15) is 17.5 Å². The van der Waals surface area contributed by atoms with Gasteiger partial charge in [0.05, 0.1) is 4.88 Å². The number of hydrogen-bond acceptors (Lipinski definition) is 5. The molecule has 0 bridgehead atoms. The van der Waals surface area contributed by atoms with Gasteiger partial charge in [0, 0.05) is 0 Å². The van der Waals surface area contributed by atoms with E-state index in [0.29, 0.717) is 11.7 Å². The van der Waals surface area contributed by atoms with Gasteiger partial charge in [0.15, 0.2) is 0 Å². The summed E-state index contributed by atoms with van der Waals surface area (Å²) in [6, 6.07) is 14.1. The Kier molecular flexibility index (Phi) is 3.62. The molecule has 0 N–H and O–H groups in total. The van der Waals surface area contributed by atoms with Crippen molar-refractivity contribution in [2.24, 2.45) is 0 Å². The number of aromatic nitrogens is 2. The second kappa shape index (κ2) is 5.56. The van der Waals surface area contributed by atoms with Crippen LogP contribution < -0.4 is 0 Å². The van der Waals surface area contributed by atoms with E-state index < -0.39 is 0 Å². The zero-order valence-electron chi connectivity index (χ0n) is 11.4. The first kappa shape index (κ1) is 13.0. The second-order valence-corrected chi connectivity index (χ2v) is 5.66. The molecule has 20 heavy (non-hydrogen) atoms. The molecule has 0 radical (unpaired) electrons. The van der Waals surface area contributed by atoms with Gasteiger partial charge in [-0.15, -0.1) is 11.3 Å². The first-order valence-electron chi connectivity index (χ1n) is 6.34. The van der Waals surface area contributed by atoms with E-state index in [9.17, 15) is 0 Å². The lowest BCUT2D eigenvalue weighted by atomic mass is 10.1. The first-order chi connectivity index (χ1) is 9.75. The molecule has 102 valence electrons. The van der Waals surface area contributed by atoms with E-state index in [1.54, 1.807) is 11.3 Å². The van der Waals surface area contributed by atoms with E-state index in [1.807, 2.05) is 49.8 Å². The van der Waals surface area contributed by atoms with Crippen LogP contribution in [0.25, 0.3) is 10.7 Å². The normalized spacial score (nSPS) is 12.8. The molecule has 0 amide bonds. The quantitative estimate of drug-likeness (QED) is 0.736. The molecule has 1 aromatic carbocycles. The number of thiophene rings is 1. The number of benzene rings is 1. The lowest BCUT2D eigenvalue weighted by molar-refractivity contribution is 0.261. The average Bonchev–Trinajstić information content (AvgIpc) is 3.10. The molecule has 0 spiro atoms. The highest BCUT2D eigenvalue weighted by atomic mass is 32.1. The summed E-state index contributed by atoms with van der Waals surface area (Å²) in [5, 5.41) is 6.09. The van der Waals surface area contributed by atoms with Crippen molar-refractivity contribution in [2.75, 3.05) is 14.1 Å². The molecular weight excluding hydrogens is 270 g/mol. The fraction of sp³-hybridized carbons (Fsp3) is 0.200. The Balaban J connectivity index is 1.97. The molecular formula is C15H15N3OS. The zero-order valence-corrected chi connectivity index (χ0v) is 12.2. The standard InChI is InChI=1S/C15H15N3OS/c1-18(2)13(11-7-4-3-5-8-11)15-16-14(17-19-15)12-9-6-10-20-12/h3-10,13H,1-2H3/t13-/m1/s1. The van der Waals surface area contributed by atoms with Gasteiger partial charge in [-0.1, -0.05) is 41.6 Å². The number of hydrogen-bond donors (Lipinski definition) is 0. The summed E-state index contributed by atoms with van der Waals surface area (Å²) in [6.07, 6.45) is 0. The lowest BCUT2D eigenvalue weighted by Crippen LogP contribution is -2.21. The Bertz CT molecular complexity index is 662. The van der Waals surface area contributed by atoms with Crippen molar-refractivity contribution in [1.82, 2.24) is 15.0 Å². The van der Waals surface area contributed by atoms with Crippen molar-refractivity contribution >= 4 is 11.3 Å². The third-order valence-electron chi connectivity index (χ3n) is 3.05. The van der Waals surface area contributed by atoms with Gasteiger partial charge in [-0.2, -0.15) is 4.98 Å². The van der Waals surface area contributed by atoms with E-state index in [0.717, 1.165) is 10.4 Å². The molecule has 0 saturated heterocycles. The summed E-state index contributed by atoms with van der Waals surface area (Å²) in [5.41, 5.74) is 1.14. The van der Waals surface area contributed by atoms with Gasteiger partial charge in [-0.25, -0.2) is 0 Å². The highest BCUT2D eigenvalue weighted by Gasteiger charge is 2.23. The first-order valence-corrected chi connectivity index (χ1v) is 7.22. The van der Waals surface area contributed by atoms with E-state index in [4.69, 9.17) is 4.52 Å². The summed E-state index contributed by atoms with van der Waals surface area (Å²) >= 11 is 1.61. The van der Waals surface area contributed by atoms with Crippen molar-refractivity contribution in [3.63, 3.8) is 0 Å². The maximum absolute atomic E-state index is 5.47. The molecule has 0 aliphatic carbocycles. The van der Waals surface area contributed by atoms with Crippen molar-refractivity contribution in [2.45, 2.75) is 6.04 Å². The molecule has 3 aromatic rings. The van der Waals surface area contributed by atoms with Gasteiger partial charge in [-0.05, 0) is 31.1 Å². The van der Waals surface area contributed by atoms with Crippen LogP contribution in [-0.2, 0) is 0 Å². The smallest absolute Gasteiger partial charge is 0.248 e. The van der Waals surface area contributed by atoms with E-state index in [1.165, 1.54) is 0 Å². The maximum atomic E-state index is 5.47. The maximum Gasteiger partial charge on any atom is 0.248 e. The SMILES string of the molecule is CN(C)[C@H](c1ccccc1)c1nc(-c2cccs2)no1. The summed E-state index contributed by atoms with van der Waals surface area (Å²) in [4.78, 5) is 7.63. The van der Waals surface area contributed by atoms with Gasteiger partial charge in [0.2, 0.25) is 11.7 Å². The predicted molar refractivity (Wildman–Crippen MR) is 79.6 cm³/mol. The van der Waals surface area contributed by atoms with Crippen LogP contribution in [0.4, 0.5) is 0 Å². The molecule has 0 saturated carbocycles. The third kappa shape index (κ3) is 2.50. The average molecular weight is 285 g/mol.